The number of ether oxygens (including phenoxy) is 1. The molecule has 0 fully saturated rings. The van der Waals surface area contributed by atoms with Crippen molar-refractivity contribution in [3.05, 3.63) is 67.3 Å². The number of hydrogen-bond acceptors (Lipinski definition) is 5. The third-order valence-corrected chi connectivity index (χ3v) is 4.73. The summed E-state index contributed by atoms with van der Waals surface area (Å²) in [7, 11) is 0. The fourth-order valence-electron chi connectivity index (χ4n) is 2.48. The molecule has 0 saturated carbocycles. The molecule has 0 unspecified atom stereocenters. The Kier molecular flexibility index (Phi) is 4.88. The molecule has 0 spiro atoms. The largest absolute Gasteiger partial charge is 0.481 e. The van der Waals surface area contributed by atoms with Gasteiger partial charge in [0.1, 0.15) is 6.61 Å². The van der Waals surface area contributed by atoms with Crippen molar-refractivity contribution in [2.45, 2.75) is 13.5 Å². The molecule has 3 rings (SSSR count). The zero-order valence-corrected chi connectivity index (χ0v) is 15.5. The molecule has 1 aromatic heterocycles. The summed E-state index contributed by atoms with van der Waals surface area (Å²) in [6.45, 7) is 2.02. The van der Waals surface area contributed by atoms with E-state index in [-0.39, 0.29) is 18.0 Å². The minimum absolute atomic E-state index is 0.0881. The first-order valence-corrected chi connectivity index (χ1v) is 8.50. The van der Waals surface area contributed by atoms with Gasteiger partial charge in [0.05, 0.1) is 19.8 Å². The normalized spacial score (nSPS) is 10.6. The number of nitrogens with two attached hydrogens (primary N) is 1. The summed E-state index contributed by atoms with van der Waals surface area (Å²) in [6.07, 6.45) is 0. The van der Waals surface area contributed by atoms with Crippen LogP contribution in [0.4, 0.5) is 11.5 Å². The van der Waals surface area contributed by atoms with E-state index in [0.717, 1.165) is 11.1 Å². The van der Waals surface area contributed by atoms with Gasteiger partial charge in [0.2, 0.25) is 5.75 Å². The Morgan fingerprint density at radius 3 is 2.64 bits per heavy atom. The maximum atomic E-state index is 11.5. The smallest absolute Gasteiger partial charge is 0.311 e. The Hall–Kier alpha value is -2.62. The second-order valence-corrected chi connectivity index (χ2v) is 6.57. The monoisotopic (exact) mass is 450 g/mol. The van der Waals surface area contributed by atoms with Crippen molar-refractivity contribution in [3.8, 4) is 17.0 Å². The van der Waals surface area contributed by atoms with E-state index >= 15 is 0 Å². The van der Waals surface area contributed by atoms with Crippen LogP contribution < -0.4 is 10.5 Å². The van der Waals surface area contributed by atoms with E-state index in [1.54, 1.807) is 6.92 Å². The van der Waals surface area contributed by atoms with Gasteiger partial charge < -0.3 is 10.5 Å². The molecule has 25 heavy (non-hydrogen) atoms. The lowest BCUT2D eigenvalue weighted by molar-refractivity contribution is -0.385. The van der Waals surface area contributed by atoms with Crippen LogP contribution in [0.5, 0.6) is 5.75 Å². The molecule has 1 heterocycles. The van der Waals surface area contributed by atoms with Crippen LogP contribution in [0.2, 0.25) is 0 Å². The third kappa shape index (κ3) is 3.58. The van der Waals surface area contributed by atoms with Crippen molar-refractivity contribution in [2.24, 2.45) is 0 Å². The standard InChI is InChI=1S/C17H15IN4O3/c1-10-7-12(15-14(18)17(19)21-20-15)16(13(8-10)22(23)24)25-9-11-5-3-2-4-6-11/h2-8H,9H2,1H3,(H3,19,20,21). The zero-order chi connectivity index (χ0) is 18.0. The van der Waals surface area contributed by atoms with Crippen LogP contribution in [0.15, 0.2) is 42.5 Å². The number of nitrogens with zero attached hydrogens (tertiary/aromatic N) is 2. The van der Waals surface area contributed by atoms with Gasteiger partial charge in [-0.3, -0.25) is 15.2 Å². The first-order valence-electron chi connectivity index (χ1n) is 7.43. The number of nitrogens with one attached hydrogen (secondary N) is 1. The SMILES string of the molecule is Cc1cc(-c2[nH]nc(N)c2I)c(OCc2ccccc2)c([N+](=O)[O-])c1. The van der Waals surface area contributed by atoms with E-state index in [1.807, 2.05) is 36.4 Å². The summed E-state index contributed by atoms with van der Waals surface area (Å²) in [6, 6.07) is 12.8. The molecule has 0 aliphatic heterocycles. The number of aromatic amines is 1. The van der Waals surface area contributed by atoms with E-state index in [1.165, 1.54) is 6.07 Å². The van der Waals surface area contributed by atoms with Crippen molar-refractivity contribution in [1.82, 2.24) is 10.2 Å². The molecule has 3 aromatic rings. The molecule has 0 atom stereocenters. The summed E-state index contributed by atoms with van der Waals surface area (Å²) in [5.74, 6) is 0.537. The first-order chi connectivity index (χ1) is 12.0. The molecule has 0 saturated heterocycles. The first kappa shape index (κ1) is 17.2. The van der Waals surface area contributed by atoms with Crippen LogP contribution >= 0.6 is 22.6 Å². The van der Waals surface area contributed by atoms with Crippen LogP contribution in [-0.2, 0) is 6.61 Å². The van der Waals surface area contributed by atoms with E-state index in [4.69, 9.17) is 10.5 Å². The fourth-order valence-corrected chi connectivity index (χ4v) is 3.01. The van der Waals surface area contributed by atoms with Crippen molar-refractivity contribution >= 4 is 34.1 Å². The maximum absolute atomic E-state index is 11.5. The molecule has 128 valence electrons. The summed E-state index contributed by atoms with van der Waals surface area (Å²) < 4.78 is 6.55. The van der Waals surface area contributed by atoms with Gasteiger partial charge >= 0.3 is 5.69 Å². The van der Waals surface area contributed by atoms with Crippen LogP contribution in [-0.4, -0.2) is 15.1 Å². The fraction of sp³-hybridized carbons (Fsp3) is 0.118. The zero-order valence-electron chi connectivity index (χ0n) is 13.3. The second kappa shape index (κ2) is 7.09. The minimum Gasteiger partial charge on any atom is -0.481 e. The van der Waals surface area contributed by atoms with Gasteiger partial charge in [-0.1, -0.05) is 30.3 Å². The van der Waals surface area contributed by atoms with Gasteiger partial charge in [0.25, 0.3) is 0 Å². The van der Waals surface area contributed by atoms with Crippen molar-refractivity contribution in [1.29, 1.82) is 0 Å². The highest BCUT2D eigenvalue weighted by Gasteiger charge is 2.24. The molecule has 0 radical (unpaired) electrons. The molecule has 0 amide bonds. The number of benzene rings is 2. The van der Waals surface area contributed by atoms with Gasteiger partial charge in [-0.05, 0) is 46.7 Å². The molecule has 3 N–H and O–H groups in total. The molecular formula is C17H15IN4O3. The van der Waals surface area contributed by atoms with E-state index < -0.39 is 4.92 Å². The Bertz CT molecular complexity index is 925. The number of nitro groups is 1. The number of nitrogen functional groups attached to an aromatic ring is 1. The number of hydrogen-bond donors (Lipinski definition) is 2. The number of halogens is 1. The van der Waals surface area contributed by atoms with Gasteiger partial charge in [0.15, 0.2) is 5.82 Å². The second-order valence-electron chi connectivity index (χ2n) is 5.49. The van der Waals surface area contributed by atoms with Crippen LogP contribution in [0, 0.1) is 20.6 Å². The number of anilines is 1. The highest BCUT2D eigenvalue weighted by molar-refractivity contribution is 14.1. The molecular weight excluding hydrogens is 435 g/mol. The van der Waals surface area contributed by atoms with Crippen molar-refractivity contribution in [3.63, 3.8) is 0 Å². The average molecular weight is 450 g/mol. The number of rotatable bonds is 5. The minimum atomic E-state index is -0.441. The molecule has 2 aromatic carbocycles. The lowest BCUT2D eigenvalue weighted by atomic mass is 10.1. The van der Waals surface area contributed by atoms with Crippen molar-refractivity contribution < 1.29 is 9.66 Å². The number of aryl methyl sites for hydroxylation is 1. The number of aromatic nitrogens is 2. The van der Waals surface area contributed by atoms with E-state index in [9.17, 15) is 10.1 Å². The van der Waals surface area contributed by atoms with Crippen LogP contribution in [0.25, 0.3) is 11.3 Å². The van der Waals surface area contributed by atoms with Crippen molar-refractivity contribution in [2.75, 3.05) is 5.73 Å². The molecule has 7 nitrogen and oxygen atoms in total. The third-order valence-electron chi connectivity index (χ3n) is 3.64. The highest BCUT2D eigenvalue weighted by atomic mass is 127. The van der Waals surface area contributed by atoms with Gasteiger partial charge in [0, 0.05) is 6.07 Å². The average Bonchev–Trinajstić information content (AvgIpc) is 2.93. The van der Waals surface area contributed by atoms with Crippen LogP contribution in [0.1, 0.15) is 11.1 Å². The Labute approximate surface area is 157 Å². The number of H-pyrrole nitrogens is 1. The summed E-state index contributed by atoms with van der Waals surface area (Å²) in [5, 5.41) is 18.3. The Morgan fingerprint density at radius 1 is 1.32 bits per heavy atom. The quantitative estimate of drug-likeness (QED) is 0.347. The number of nitro benzene ring substituents is 1. The van der Waals surface area contributed by atoms with Crippen LogP contribution in [0.3, 0.4) is 0 Å². The Balaban J connectivity index is 2.10. The maximum Gasteiger partial charge on any atom is 0.311 e. The summed E-state index contributed by atoms with van der Waals surface area (Å²) >= 11 is 2.06. The molecule has 0 aliphatic carbocycles. The van der Waals surface area contributed by atoms with Gasteiger partial charge in [-0.15, -0.1) is 0 Å². The highest BCUT2D eigenvalue weighted by Crippen LogP contribution is 2.41. The van der Waals surface area contributed by atoms with E-state index in [2.05, 4.69) is 32.8 Å². The predicted octanol–water partition coefficient (Wildman–Crippen LogP) is 4.06. The molecule has 8 heteroatoms. The summed E-state index contributed by atoms with van der Waals surface area (Å²) in [5.41, 5.74) is 8.55. The molecule has 0 bridgehead atoms. The predicted molar refractivity (Wildman–Crippen MR) is 103 cm³/mol. The summed E-state index contributed by atoms with van der Waals surface area (Å²) in [4.78, 5) is 11.1. The Morgan fingerprint density at radius 2 is 2.04 bits per heavy atom. The topological polar surface area (TPSA) is 107 Å². The lowest BCUT2D eigenvalue weighted by Gasteiger charge is -2.12. The van der Waals surface area contributed by atoms with E-state index in [0.29, 0.717) is 20.6 Å². The van der Waals surface area contributed by atoms with Gasteiger partial charge in [-0.25, -0.2) is 0 Å². The van der Waals surface area contributed by atoms with Gasteiger partial charge in [-0.2, -0.15) is 5.10 Å². The lowest BCUT2D eigenvalue weighted by Crippen LogP contribution is -2.02. The molecule has 0 aliphatic rings.